The van der Waals surface area contributed by atoms with Crippen molar-refractivity contribution in [2.24, 2.45) is 0 Å². The van der Waals surface area contributed by atoms with Gasteiger partial charge in [0.05, 0.1) is 28.7 Å². The maximum absolute atomic E-state index is 13.2. The average molecular weight is 485 g/mol. The molecule has 0 bridgehead atoms. The van der Waals surface area contributed by atoms with Crippen molar-refractivity contribution >= 4 is 33.5 Å². The molecule has 1 aliphatic heterocycles. The number of hydrogen-bond acceptors (Lipinski definition) is 8. The number of anilines is 1. The second kappa shape index (κ2) is 9.03. The standard InChI is InChI=1S/C21H19N5O7S/c1-2-33-21(28)25-18-13-24(34(31,32)16-10-8-15(9-11-16)26(29)30)12-17(18)19(23-25)22-20(27)14-6-4-3-5-7-14/h3-11H,2,12-13H2,1H3,(H,22,23,27). The fourth-order valence-corrected chi connectivity index (χ4v) is 4.85. The van der Waals surface area contributed by atoms with Crippen LogP contribution in [0.5, 0.6) is 0 Å². The number of benzene rings is 2. The topological polar surface area (TPSA) is 154 Å². The molecule has 0 fully saturated rings. The number of rotatable bonds is 6. The lowest BCUT2D eigenvalue weighted by molar-refractivity contribution is -0.384. The zero-order valence-corrected chi connectivity index (χ0v) is 18.7. The van der Waals surface area contributed by atoms with Crippen LogP contribution >= 0.6 is 0 Å². The SMILES string of the molecule is CCOC(=O)n1nc(NC(=O)c2ccccc2)c2c1CN(S(=O)(=O)c1ccc([N+](=O)[O-])cc1)C2. The molecule has 0 spiro atoms. The number of hydrogen-bond donors (Lipinski definition) is 1. The molecule has 2 aromatic carbocycles. The molecule has 34 heavy (non-hydrogen) atoms. The Morgan fingerprint density at radius 3 is 2.41 bits per heavy atom. The van der Waals surface area contributed by atoms with Crippen LogP contribution in [0, 0.1) is 10.1 Å². The molecule has 1 aliphatic rings. The van der Waals surface area contributed by atoms with E-state index in [1.165, 1.54) is 0 Å². The summed E-state index contributed by atoms with van der Waals surface area (Å²) in [6.07, 6.45) is -0.812. The summed E-state index contributed by atoms with van der Waals surface area (Å²) in [6.45, 7) is 1.31. The number of fused-ring (bicyclic) bond motifs is 1. The van der Waals surface area contributed by atoms with Gasteiger partial charge >= 0.3 is 6.09 Å². The predicted octanol–water partition coefficient (Wildman–Crippen LogP) is 2.75. The molecule has 0 atom stereocenters. The minimum Gasteiger partial charge on any atom is -0.448 e. The number of non-ortho nitro benzene ring substituents is 1. The van der Waals surface area contributed by atoms with E-state index in [0.29, 0.717) is 11.1 Å². The number of nitrogens with one attached hydrogen (secondary N) is 1. The monoisotopic (exact) mass is 485 g/mol. The van der Waals surface area contributed by atoms with Crippen LogP contribution in [0.1, 0.15) is 28.5 Å². The van der Waals surface area contributed by atoms with Gasteiger partial charge in [-0.25, -0.2) is 13.2 Å². The van der Waals surface area contributed by atoms with Crippen LogP contribution in [-0.2, 0) is 27.8 Å². The van der Waals surface area contributed by atoms with Gasteiger partial charge in [-0.15, -0.1) is 5.10 Å². The molecule has 1 aromatic heterocycles. The molecule has 0 unspecified atom stereocenters. The summed E-state index contributed by atoms with van der Waals surface area (Å²) >= 11 is 0. The van der Waals surface area contributed by atoms with Crippen LogP contribution in [0.25, 0.3) is 0 Å². The van der Waals surface area contributed by atoms with E-state index in [9.17, 15) is 28.1 Å². The molecule has 0 radical (unpaired) electrons. The smallest absolute Gasteiger partial charge is 0.435 e. The fraction of sp³-hybridized carbons (Fsp3) is 0.190. The normalized spacial score (nSPS) is 13.3. The zero-order valence-electron chi connectivity index (χ0n) is 17.9. The zero-order chi connectivity index (χ0) is 24.5. The lowest BCUT2D eigenvalue weighted by Gasteiger charge is -2.16. The average Bonchev–Trinajstić information content (AvgIpc) is 3.41. The third-order valence-corrected chi connectivity index (χ3v) is 6.95. The van der Waals surface area contributed by atoms with Gasteiger partial charge in [0.2, 0.25) is 10.0 Å². The Morgan fingerprint density at radius 1 is 1.12 bits per heavy atom. The van der Waals surface area contributed by atoms with Crippen molar-refractivity contribution in [1.29, 1.82) is 0 Å². The van der Waals surface area contributed by atoms with Gasteiger partial charge in [0.1, 0.15) is 0 Å². The first kappa shape index (κ1) is 23.1. The van der Waals surface area contributed by atoms with Crippen LogP contribution in [-0.4, -0.2) is 46.0 Å². The van der Waals surface area contributed by atoms with Crippen LogP contribution in [0.15, 0.2) is 59.5 Å². The summed E-state index contributed by atoms with van der Waals surface area (Å²) in [5, 5.41) is 17.7. The molecule has 13 heteroatoms. The molecule has 0 saturated carbocycles. The fourth-order valence-electron chi connectivity index (χ4n) is 3.48. The Morgan fingerprint density at radius 2 is 1.79 bits per heavy atom. The second-order valence-electron chi connectivity index (χ2n) is 7.23. The number of amides is 1. The van der Waals surface area contributed by atoms with Crippen LogP contribution in [0.3, 0.4) is 0 Å². The molecule has 1 amide bonds. The van der Waals surface area contributed by atoms with Crippen LogP contribution < -0.4 is 5.32 Å². The molecule has 0 aliphatic carbocycles. The van der Waals surface area contributed by atoms with Gasteiger partial charge in [0.25, 0.3) is 11.6 Å². The molecule has 3 aromatic rings. The quantitative estimate of drug-likeness (QED) is 0.413. The predicted molar refractivity (Wildman–Crippen MR) is 119 cm³/mol. The molecular weight excluding hydrogens is 466 g/mol. The van der Waals surface area contributed by atoms with Crippen molar-refractivity contribution in [2.75, 3.05) is 11.9 Å². The summed E-state index contributed by atoms with van der Waals surface area (Å²) in [5.41, 5.74) is 0.720. The largest absolute Gasteiger partial charge is 0.448 e. The number of ether oxygens (including phenoxy) is 1. The number of nitro groups is 1. The molecule has 2 heterocycles. The maximum Gasteiger partial charge on any atom is 0.435 e. The highest BCUT2D eigenvalue weighted by atomic mass is 32.2. The number of sulfonamides is 1. The van der Waals surface area contributed by atoms with Crippen molar-refractivity contribution < 1.29 is 27.7 Å². The molecule has 1 N–H and O–H groups in total. The van der Waals surface area contributed by atoms with Gasteiger partial charge in [0.15, 0.2) is 5.82 Å². The summed E-state index contributed by atoms with van der Waals surface area (Å²) in [4.78, 5) is 35.2. The third-order valence-electron chi connectivity index (χ3n) is 5.14. The van der Waals surface area contributed by atoms with Crippen molar-refractivity contribution in [1.82, 2.24) is 14.1 Å². The first-order valence-corrected chi connectivity index (χ1v) is 11.5. The van der Waals surface area contributed by atoms with E-state index < -0.39 is 26.9 Å². The third kappa shape index (κ3) is 4.25. The maximum atomic E-state index is 13.2. The van der Waals surface area contributed by atoms with Gasteiger partial charge in [-0.1, -0.05) is 18.2 Å². The van der Waals surface area contributed by atoms with E-state index in [4.69, 9.17) is 4.74 Å². The molecule has 12 nitrogen and oxygen atoms in total. The summed E-state index contributed by atoms with van der Waals surface area (Å²) in [7, 11) is -4.07. The Kier molecular flexibility index (Phi) is 6.13. The van der Waals surface area contributed by atoms with Gasteiger partial charge in [-0.3, -0.25) is 14.9 Å². The lowest BCUT2D eigenvalue weighted by atomic mass is 10.2. The highest BCUT2D eigenvalue weighted by Crippen LogP contribution is 2.34. The highest BCUT2D eigenvalue weighted by molar-refractivity contribution is 7.89. The number of carbonyl (C=O) groups is 2. The summed E-state index contributed by atoms with van der Waals surface area (Å²) in [5.74, 6) is -0.438. The Bertz CT molecular complexity index is 1370. The Balaban J connectivity index is 1.66. The van der Waals surface area contributed by atoms with Crippen molar-refractivity contribution in [2.45, 2.75) is 24.9 Å². The van der Waals surface area contributed by atoms with Crippen molar-refractivity contribution in [3.8, 4) is 0 Å². The van der Waals surface area contributed by atoms with Gasteiger partial charge in [0, 0.05) is 29.8 Å². The van der Waals surface area contributed by atoms with Crippen molar-refractivity contribution in [3.63, 3.8) is 0 Å². The molecular formula is C21H19N5O7S. The van der Waals surface area contributed by atoms with E-state index in [1.807, 2.05) is 0 Å². The minimum absolute atomic E-state index is 0.0401. The highest BCUT2D eigenvalue weighted by Gasteiger charge is 2.37. The number of aromatic nitrogens is 2. The second-order valence-corrected chi connectivity index (χ2v) is 9.17. The Labute approximate surface area is 193 Å². The van der Waals surface area contributed by atoms with E-state index in [2.05, 4.69) is 10.4 Å². The van der Waals surface area contributed by atoms with Crippen LogP contribution in [0.2, 0.25) is 0 Å². The summed E-state index contributed by atoms with van der Waals surface area (Å²) < 4.78 is 33.4. The van der Waals surface area contributed by atoms with Crippen molar-refractivity contribution in [3.05, 3.63) is 81.5 Å². The van der Waals surface area contributed by atoms with E-state index in [0.717, 1.165) is 33.3 Å². The van der Waals surface area contributed by atoms with Gasteiger partial charge < -0.3 is 10.1 Å². The number of nitrogens with zero attached hydrogens (tertiary/aromatic N) is 4. The van der Waals surface area contributed by atoms with E-state index in [-0.39, 0.29) is 41.8 Å². The molecule has 0 saturated heterocycles. The molecule has 176 valence electrons. The summed E-state index contributed by atoms with van der Waals surface area (Å²) in [6, 6.07) is 12.8. The van der Waals surface area contributed by atoms with Gasteiger partial charge in [-0.05, 0) is 31.2 Å². The minimum atomic E-state index is -4.07. The first-order chi connectivity index (χ1) is 16.2. The first-order valence-electron chi connectivity index (χ1n) is 10.1. The molecule has 4 rings (SSSR count). The van der Waals surface area contributed by atoms with Gasteiger partial charge in [-0.2, -0.15) is 8.99 Å². The number of carbonyl (C=O) groups excluding carboxylic acids is 2. The Hall–Kier alpha value is -4.10. The van der Waals surface area contributed by atoms with E-state index in [1.54, 1.807) is 37.3 Å². The lowest BCUT2D eigenvalue weighted by Crippen LogP contribution is -2.28. The van der Waals surface area contributed by atoms with Crippen LogP contribution in [0.4, 0.5) is 16.3 Å². The van der Waals surface area contributed by atoms with E-state index >= 15 is 0 Å². The number of nitro benzene ring substituents is 1.